The minimum atomic E-state index is -0.328. The fourth-order valence-electron chi connectivity index (χ4n) is 8.08. The summed E-state index contributed by atoms with van der Waals surface area (Å²) >= 11 is 0. The molecule has 2 saturated carbocycles. The lowest BCUT2D eigenvalue weighted by molar-refractivity contribution is -0.134. The molecule has 9 nitrogen and oxygen atoms in total. The molecule has 246 valence electrons. The lowest BCUT2D eigenvalue weighted by atomic mass is 9.70. The average Bonchev–Trinajstić information content (AvgIpc) is 3.55. The van der Waals surface area contributed by atoms with Crippen molar-refractivity contribution in [3.8, 4) is 23.5 Å². The Balaban J connectivity index is 1.02. The van der Waals surface area contributed by atoms with E-state index in [4.69, 9.17) is 21.4 Å². The zero-order valence-corrected chi connectivity index (χ0v) is 27.6. The van der Waals surface area contributed by atoms with Crippen LogP contribution in [0.3, 0.4) is 0 Å². The SMILES string of the molecule is C#Cc1cnc(C[C@H]2CC[C@H](C(C(=O)NCc3ccccc3)c3ccc(-c4cnn(C)c4)cn3)CC2)nc1C1CCC2(CC1)CC(=O)N2. The first-order valence-corrected chi connectivity index (χ1v) is 17.3. The van der Waals surface area contributed by atoms with Crippen molar-refractivity contribution in [2.24, 2.45) is 18.9 Å². The van der Waals surface area contributed by atoms with Crippen molar-refractivity contribution in [1.82, 2.24) is 35.4 Å². The highest BCUT2D eigenvalue weighted by molar-refractivity contribution is 5.85. The third-order valence-electron chi connectivity index (χ3n) is 10.8. The molecule has 1 saturated heterocycles. The largest absolute Gasteiger partial charge is 0.351 e. The lowest BCUT2D eigenvalue weighted by Crippen LogP contribution is -2.62. The third kappa shape index (κ3) is 6.89. The van der Waals surface area contributed by atoms with Gasteiger partial charge in [0.1, 0.15) is 5.82 Å². The molecule has 3 aromatic heterocycles. The van der Waals surface area contributed by atoms with E-state index in [-0.39, 0.29) is 29.2 Å². The summed E-state index contributed by atoms with van der Waals surface area (Å²) in [5.74, 6) is 4.46. The van der Waals surface area contributed by atoms with Crippen LogP contribution < -0.4 is 10.6 Å². The molecule has 1 atom stereocenters. The number of β-lactam (4-membered cyclic amide) rings is 1. The Morgan fingerprint density at radius 1 is 1.02 bits per heavy atom. The summed E-state index contributed by atoms with van der Waals surface area (Å²) in [5.41, 5.74) is 5.64. The summed E-state index contributed by atoms with van der Waals surface area (Å²) in [6.07, 6.45) is 22.6. The second-order valence-corrected chi connectivity index (χ2v) is 14.0. The molecule has 2 amide bonds. The summed E-state index contributed by atoms with van der Waals surface area (Å²) in [6, 6.07) is 14.1. The van der Waals surface area contributed by atoms with Gasteiger partial charge in [-0.05, 0) is 74.8 Å². The van der Waals surface area contributed by atoms with Crippen LogP contribution in [0, 0.1) is 24.2 Å². The molecule has 7 rings (SSSR count). The first kappa shape index (κ1) is 31.7. The van der Waals surface area contributed by atoms with Crippen molar-refractivity contribution in [3.63, 3.8) is 0 Å². The van der Waals surface area contributed by atoms with E-state index in [1.54, 1.807) is 4.68 Å². The number of hydrogen-bond donors (Lipinski definition) is 2. The Hall–Kier alpha value is -4.84. The monoisotopic (exact) mass is 641 g/mol. The number of aromatic nitrogens is 5. The van der Waals surface area contributed by atoms with Crippen LogP contribution in [0.4, 0.5) is 0 Å². The number of nitrogens with one attached hydrogen (secondary N) is 2. The van der Waals surface area contributed by atoms with Gasteiger partial charge >= 0.3 is 0 Å². The van der Waals surface area contributed by atoms with Gasteiger partial charge in [-0.25, -0.2) is 9.97 Å². The molecular weight excluding hydrogens is 598 g/mol. The molecule has 3 fully saturated rings. The van der Waals surface area contributed by atoms with Crippen LogP contribution >= 0.6 is 0 Å². The van der Waals surface area contributed by atoms with Crippen molar-refractivity contribution >= 4 is 11.8 Å². The Morgan fingerprint density at radius 3 is 2.44 bits per heavy atom. The van der Waals surface area contributed by atoms with E-state index in [9.17, 15) is 9.59 Å². The van der Waals surface area contributed by atoms with Crippen molar-refractivity contribution in [2.75, 3.05) is 0 Å². The van der Waals surface area contributed by atoms with Gasteiger partial charge in [0.05, 0.1) is 29.1 Å². The van der Waals surface area contributed by atoms with E-state index in [0.29, 0.717) is 24.8 Å². The van der Waals surface area contributed by atoms with Crippen molar-refractivity contribution in [2.45, 2.75) is 88.1 Å². The molecule has 1 spiro atoms. The van der Waals surface area contributed by atoms with Crippen LogP contribution in [-0.4, -0.2) is 42.1 Å². The molecule has 3 aliphatic rings. The number of terminal acetylenes is 1. The van der Waals surface area contributed by atoms with Gasteiger partial charge in [-0.2, -0.15) is 5.10 Å². The lowest BCUT2D eigenvalue weighted by Gasteiger charge is -2.47. The number of carbonyl (C=O) groups is 2. The van der Waals surface area contributed by atoms with Crippen molar-refractivity contribution < 1.29 is 9.59 Å². The van der Waals surface area contributed by atoms with Gasteiger partial charge in [0, 0.05) is 67.6 Å². The van der Waals surface area contributed by atoms with Crippen LogP contribution in [0.15, 0.2) is 67.3 Å². The van der Waals surface area contributed by atoms with Gasteiger partial charge in [0.15, 0.2) is 0 Å². The van der Waals surface area contributed by atoms with Gasteiger partial charge in [-0.15, -0.1) is 6.42 Å². The Labute approximate surface area is 282 Å². The van der Waals surface area contributed by atoms with Crippen LogP contribution in [0.1, 0.15) is 98.0 Å². The number of pyridine rings is 1. The summed E-state index contributed by atoms with van der Waals surface area (Å²) in [6.45, 7) is 0.489. The van der Waals surface area contributed by atoms with Crippen molar-refractivity contribution in [3.05, 3.63) is 95.6 Å². The maximum Gasteiger partial charge on any atom is 0.229 e. The molecule has 4 heterocycles. The highest BCUT2D eigenvalue weighted by Gasteiger charge is 2.45. The van der Waals surface area contributed by atoms with E-state index in [0.717, 1.165) is 97.3 Å². The number of amides is 2. The molecule has 9 heteroatoms. The van der Waals surface area contributed by atoms with Gasteiger partial charge in [0.2, 0.25) is 11.8 Å². The topological polar surface area (TPSA) is 115 Å². The van der Waals surface area contributed by atoms with Gasteiger partial charge in [0.25, 0.3) is 0 Å². The van der Waals surface area contributed by atoms with Crippen molar-refractivity contribution in [1.29, 1.82) is 0 Å². The van der Waals surface area contributed by atoms with E-state index >= 15 is 0 Å². The molecule has 1 unspecified atom stereocenters. The highest BCUT2D eigenvalue weighted by atomic mass is 16.2. The number of hydrogen-bond acceptors (Lipinski definition) is 6. The second-order valence-electron chi connectivity index (χ2n) is 14.0. The zero-order valence-electron chi connectivity index (χ0n) is 27.6. The Morgan fingerprint density at radius 2 is 1.79 bits per heavy atom. The minimum Gasteiger partial charge on any atom is -0.351 e. The van der Waals surface area contributed by atoms with E-state index in [1.165, 1.54) is 0 Å². The summed E-state index contributed by atoms with van der Waals surface area (Å²) in [7, 11) is 1.90. The first-order valence-electron chi connectivity index (χ1n) is 17.3. The number of aryl methyl sites for hydroxylation is 1. The molecule has 2 N–H and O–H groups in total. The summed E-state index contributed by atoms with van der Waals surface area (Å²) < 4.78 is 1.78. The third-order valence-corrected chi connectivity index (χ3v) is 10.8. The molecular formula is C39H43N7O2. The predicted octanol–water partition coefficient (Wildman–Crippen LogP) is 5.62. The second kappa shape index (κ2) is 13.7. The standard InChI is InChI=1S/C39H43N7O2/c1-3-28-22-41-34(44-37(28)30-15-17-39(18-16-30)20-35(47)45-39)19-26-9-11-29(12-10-26)36(38(48)42-21-27-7-5-4-6-8-27)33-14-13-31(23-40-33)32-24-43-46(2)25-32/h1,4-8,13-14,22-26,29-30,36H,9-12,15-21H2,2H3,(H,42,48)(H,45,47)/t26-,29-,30?,36?,39?. The molecule has 1 aromatic carbocycles. The fourth-order valence-corrected chi connectivity index (χ4v) is 8.08. The zero-order chi connectivity index (χ0) is 33.1. The number of nitrogens with zero attached hydrogens (tertiary/aromatic N) is 5. The highest BCUT2D eigenvalue weighted by Crippen LogP contribution is 2.43. The Kier molecular flexibility index (Phi) is 9.07. The first-order chi connectivity index (χ1) is 23.4. The maximum atomic E-state index is 13.9. The van der Waals surface area contributed by atoms with E-state index < -0.39 is 0 Å². The van der Waals surface area contributed by atoms with Gasteiger partial charge in [-0.1, -0.05) is 42.3 Å². The molecule has 1 aliphatic heterocycles. The van der Waals surface area contributed by atoms with Gasteiger partial charge < -0.3 is 10.6 Å². The molecule has 0 radical (unpaired) electrons. The van der Waals surface area contributed by atoms with Crippen LogP contribution in [0.5, 0.6) is 0 Å². The average molecular weight is 642 g/mol. The number of carbonyl (C=O) groups excluding carboxylic acids is 2. The maximum absolute atomic E-state index is 13.9. The van der Waals surface area contributed by atoms with E-state index in [1.807, 2.05) is 74.3 Å². The quantitative estimate of drug-likeness (QED) is 0.181. The Bertz CT molecular complexity index is 1780. The molecule has 48 heavy (non-hydrogen) atoms. The normalized spacial score (nSPS) is 24.2. The van der Waals surface area contributed by atoms with Crippen LogP contribution in [-0.2, 0) is 29.6 Å². The summed E-state index contributed by atoms with van der Waals surface area (Å²) in [5, 5.41) is 10.6. The number of benzene rings is 1. The summed E-state index contributed by atoms with van der Waals surface area (Å²) in [4.78, 5) is 40.0. The van der Waals surface area contributed by atoms with Crippen LogP contribution in [0.25, 0.3) is 11.1 Å². The minimum absolute atomic E-state index is 0.00830. The molecule has 2 aliphatic carbocycles. The molecule has 4 aromatic rings. The fraction of sp³-hybridized carbons (Fsp3) is 0.436. The van der Waals surface area contributed by atoms with Crippen LogP contribution in [0.2, 0.25) is 0 Å². The van der Waals surface area contributed by atoms with E-state index in [2.05, 4.69) is 21.7 Å². The molecule has 0 bridgehead atoms. The smallest absolute Gasteiger partial charge is 0.229 e. The predicted molar refractivity (Wildman–Crippen MR) is 183 cm³/mol. The number of rotatable bonds is 9. The van der Waals surface area contributed by atoms with Gasteiger partial charge in [-0.3, -0.25) is 19.3 Å².